The van der Waals surface area contributed by atoms with Crippen molar-refractivity contribution in [2.45, 2.75) is 31.3 Å². The number of aromatic carboxylic acids is 1. The van der Waals surface area contributed by atoms with Crippen molar-refractivity contribution in [3.8, 4) is 0 Å². The fraction of sp³-hybridized carbons (Fsp3) is 0.500. The molecule has 0 bridgehead atoms. The normalized spacial score (nSPS) is 24.1. The van der Waals surface area contributed by atoms with Gasteiger partial charge in [-0.05, 0) is 37.5 Å². The number of likely N-dealkylation sites (tertiary alicyclic amines) is 1. The molecule has 2 aliphatic rings. The second-order valence-electron chi connectivity index (χ2n) is 5.24. The predicted octanol–water partition coefficient (Wildman–Crippen LogP) is 2.03. The number of carboxylic acids is 1. The third-order valence-electron chi connectivity index (χ3n) is 3.76. The Morgan fingerprint density at radius 2 is 2.17 bits per heavy atom. The molecule has 2 N–H and O–H groups in total. The molecule has 1 aliphatic carbocycles. The number of rotatable bonds is 4. The molecule has 0 amide bonds. The Kier molecular flexibility index (Phi) is 2.96. The highest BCUT2D eigenvalue weighted by Gasteiger charge is 2.34. The summed E-state index contributed by atoms with van der Waals surface area (Å²) in [6.07, 6.45) is 3.84. The van der Waals surface area contributed by atoms with E-state index in [1.54, 1.807) is 18.2 Å². The zero-order chi connectivity index (χ0) is 12.5. The van der Waals surface area contributed by atoms with Gasteiger partial charge in [0.25, 0.3) is 0 Å². The van der Waals surface area contributed by atoms with E-state index in [9.17, 15) is 4.79 Å². The summed E-state index contributed by atoms with van der Waals surface area (Å²) < 4.78 is 0. The lowest BCUT2D eigenvalue weighted by Crippen LogP contribution is -2.27. The maximum atomic E-state index is 10.9. The van der Waals surface area contributed by atoms with Crippen LogP contribution in [0.1, 0.15) is 29.6 Å². The van der Waals surface area contributed by atoms with Gasteiger partial charge >= 0.3 is 5.97 Å². The van der Waals surface area contributed by atoms with Gasteiger partial charge in [0, 0.05) is 30.9 Å². The summed E-state index contributed by atoms with van der Waals surface area (Å²) in [5, 5.41) is 12.4. The van der Waals surface area contributed by atoms with Crippen LogP contribution in [0.5, 0.6) is 0 Å². The van der Waals surface area contributed by atoms with Gasteiger partial charge in [0.05, 0.1) is 5.56 Å². The molecule has 18 heavy (non-hydrogen) atoms. The lowest BCUT2D eigenvalue weighted by Gasteiger charge is -2.16. The van der Waals surface area contributed by atoms with Crippen molar-refractivity contribution in [3.05, 3.63) is 29.8 Å². The number of carbonyl (C=O) groups is 1. The maximum Gasteiger partial charge on any atom is 0.335 e. The molecule has 3 rings (SSSR count). The van der Waals surface area contributed by atoms with E-state index in [1.165, 1.54) is 19.4 Å². The number of nitrogens with zero attached hydrogens (tertiary/aromatic N) is 1. The summed E-state index contributed by atoms with van der Waals surface area (Å²) >= 11 is 0. The van der Waals surface area contributed by atoms with Crippen LogP contribution in [-0.2, 0) is 0 Å². The highest BCUT2D eigenvalue weighted by molar-refractivity contribution is 5.88. The van der Waals surface area contributed by atoms with Gasteiger partial charge in [-0.25, -0.2) is 4.79 Å². The molecule has 1 heterocycles. The van der Waals surface area contributed by atoms with E-state index in [1.807, 2.05) is 6.07 Å². The molecule has 1 aromatic rings. The lowest BCUT2D eigenvalue weighted by molar-refractivity contribution is 0.0697. The molecule has 1 unspecified atom stereocenters. The molecule has 1 saturated carbocycles. The fourth-order valence-electron chi connectivity index (χ4n) is 2.65. The molecule has 2 fully saturated rings. The summed E-state index contributed by atoms with van der Waals surface area (Å²) in [6, 6.07) is 8.34. The van der Waals surface area contributed by atoms with Crippen LogP contribution in [0.25, 0.3) is 0 Å². The molecule has 0 spiro atoms. The first-order valence-electron chi connectivity index (χ1n) is 6.56. The first-order chi connectivity index (χ1) is 8.72. The number of anilines is 1. The highest BCUT2D eigenvalue weighted by atomic mass is 16.4. The van der Waals surface area contributed by atoms with Crippen molar-refractivity contribution in [1.29, 1.82) is 0 Å². The Labute approximate surface area is 107 Å². The molecular weight excluding hydrogens is 228 g/mol. The van der Waals surface area contributed by atoms with Crippen LogP contribution in [-0.4, -0.2) is 41.1 Å². The minimum atomic E-state index is -0.871. The van der Waals surface area contributed by atoms with Crippen LogP contribution < -0.4 is 5.32 Å². The number of hydrogen-bond acceptors (Lipinski definition) is 3. The van der Waals surface area contributed by atoms with E-state index in [0.29, 0.717) is 11.6 Å². The molecule has 4 nitrogen and oxygen atoms in total. The third-order valence-corrected chi connectivity index (χ3v) is 3.76. The Morgan fingerprint density at radius 3 is 2.89 bits per heavy atom. The van der Waals surface area contributed by atoms with Crippen molar-refractivity contribution in [3.63, 3.8) is 0 Å². The van der Waals surface area contributed by atoms with Gasteiger partial charge in [-0.15, -0.1) is 0 Å². The molecule has 0 aromatic heterocycles. The molecule has 96 valence electrons. The van der Waals surface area contributed by atoms with Gasteiger partial charge in [0.1, 0.15) is 0 Å². The van der Waals surface area contributed by atoms with Crippen LogP contribution in [0, 0.1) is 0 Å². The SMILES string of the molecule is O=C(O)c1cccc(NC2CCN(C3CC3)C2)c1. The minimum Gasteiger partial charge on any atom is -0.478 e. The van der Waals surface area contributed by atoms with E-state index in [2.05, 4.69) is 10.2 Å². The van der Waals surface area contributed by atoms with E-state index in [0.717, 1.165) is 24.7 Å². The smallest absolute Gasteiger partial charge is 0.335 e. The monoisotopic (exact) mass is 246 g/mol. The van der Waals surface area contributed by atoms with Gasteiger partial charge in [0.15, 0.2) is 0 Å². The van der Waals surface area contributed by atoms with E-state index >= 15 is 0 Å². The first-order valence-corrected chi connectivity index (χ1v) is 6.56. The second kappa shape index (κ2) is 4.61. The van der Waals surface area contributed by atoms with Crippen LogP contribution in [0.2, 0.25) is 0 Å². The third kappa shape index (κ3) is 2.48. The summed E-state index contributed by atoms with van der Waals surface area (Å²) in [5.74, 6) is -0.871. The van der Waals surface area contributed by atoms with Gasteiger partial charge in [0.2, 0.25) is 0 Å². The standard InChI is InChI=1S/C14H18N2O2/c17-14(18)10-2-1-3-11(8-10)15-12-6-7-16(9-12)13-4-5-13/h1-3,8,12-13,15H,4-7,9H2,(H,17,18). The van der Waals surface area contributed by atoms with E-state index < -0.39 is 5.97 Å². The van der Waals surface area contributed by atoms with Gasteiger partial charge in [-0.3, -0.25) is 4.90 Å². The summed E-state index contributed by atoms with van der Waals surface area (Å²) in [5.41, 5.74) is 1.26. The molecular formula is C14H18N2O2. The zero-order valence-corrected chi connectivity index (χ0v) is 10.3. The summed E-state index contributed by atoms with van der Waals surface area (Å²) in [6.45, 7) is 2.25. The average molecular weight is 246 g/mol. The average Bonchev–Trinajstić information content (AvgIpc) is 3.11. The Hall–Kier alpha value is -1.55. The van der Waals surface area contributed by atoms with Crippen LogP contribution in [0.4, 0.5) is 5.69 Å². The van der Waals surface area contributed by atoms with Crippen molar-refractivity contribution in [2.75, 3.05) is 18.4 Å². The predicted molar refractivity (Wildman–Crippen MR) is 70.0 cm³/mol. The number of carboxylic acid groups (broad SMARTS) is 1. The summed E-state index contributed by atoms with van der Waals surface area (Å²) in [7, 11) is 0. The zero-order valence-electron chi connectivity index (χ0n) is 10.3. The van der Waals surface area contributed by atoms with E-state index in [-0.39, 0.29) is 0 Å². The lowest BCUT2D eigenvalue weighted by atomic mass is 10.2. The van der Waals surface area contributed by atoms with Gasteiger partial charge < -0.3 is 10.4 Å². The Balaban J connectivity index is 1.62. The molecule has 4 heteroatoms. The maximum absolute atomic E-state index is 10.9. The number of benzene rings is 1. The first kappa shape index (κ1) is 11.5. The molecule has 1 atom stereocenters. The fourth-order valence-corrected chi connectivity index (χ4v) is 2.65. The van der Waals surface area contributed by atoms with Crippen molar-refractivity contribution < 1.29 is 9.90 Å². The topological polar surface area (TPSA) is 52.6 Å². The summed E-state index contributed by atoms with van der Waals surface area (Å²) in [4.78, 5) is 13.4. The van der Waals surface area contributed by atoms with E-state index in [4.69, 9.17) is 5.11 Å². The van der Waals surface area contributed by atoms with Gasteiger partial charge in [-0.2, -0.15) is 0 Å². The van der Waals surface area contributed by atoms with Crippen molar-refractivity contribution >= 4 is 11.7 Å². The minimum absolute atomic E-state index is 0.344. The number of hydrogen-bond donors (Lipinski definition) is 2. The quantitative estimate of drug-likeness (QED) is 0.853. The molecule has 1 saturated heterocycles. The van der Waals surface area contributed by atoms with Crippen LogP contribution >= 0.6 is 0 Å². The second-order valence-corrected chi connectivity index (χ2v) is 5.24. The van der Waals surface area contributed by atoms with Crippen molar-refractivity contribution in [1.82, 2.24) is 4.90 Å². The molecule has 1 aromatic carbocycles. The number of nitrogens with one attached hydrogen (secondary N) is 1. The largest absolute Gasteiger partial charge is 0.478 e. The Bertz CT molecular complexity index is 457. The van der Waals surface area contributed by atoms with Gasteiger partial charge in [-0.1, -0.05) is 6.07 Å². The van der Waals surface area contributed by atoms with Crippen LogP contribution in [0.15, 0.2) is 24.3 Å². The highest BCUT2D eigenvalue weighted by Crippen LogP contribution is 2.30. The molecule has 1 aliphatic heterocycles. The molecule has 0 radical (unpaired) electrons. The Morgan fingerprint density at radius 1 is 1.33 bits per heavy atom. The van der Waals surface area contributed by atoms with Crippen molar-refractivity contribution in [2.24, 2.45) is 0 Å². The van der Waals surface area contributed by atoms with Crippen LogP contribution in [0.3, 0.4) is 0 Å².